The third kappa shape index (κ3) is 4.94. The van der Waals surface area contributed by atoms with E-state index in [0.717, 1.165) is 29.7 Å². The number of hydrogen-bond acceptors (Lipinski definition) is 5. The molecule has 0 radical (unpaired) electrons. The molecule has 1 heterocycles. The van der Waals surface area contributed by atoms with Crippen molar-refractivity contribution in [2.45, 2.75) is 49.6 Å². The summed E-state index contributed by atoms with van der Waals surface area (Å²) in [4.78, 5) is 39.2. The van der Waals surface area contributed by atoms with Gasteiger partial charge >= 0.3 is 6.03 Å². The van der Waals surface area contributed by atoms with Gasteiger partial charge in [-0.05, 0) is 48.6 Å². The first-order valence-electron chi connectivity index (χ1n) is 11.7. The van der Waals surface area contributed by atoms with E-state index in [-0.39, 0.29) is 23.3 Å². The standard InChI is InChI=1S/C25H30N4O5S/c1-18-8-6-7-15-25(18)23(31)29(24(32)27-25)17-22(30)26-20-11-13-21(14-12-20)35(33,34)28(2)16-19-9-4-3-5-10-19/h3-5,9-14,18H,6-8,15-17H2,1-2H3,(H,26,30)(H,27,32). The molecular formula is C25H30N4O5S. The van der Waals surface area contributed by atoms with E-state index in [9.17, 15) is 22.8 Å². The SMILES string of the molecule is CC1CCCCC12NC(=O)N(CC(=O)Nc1ccc(S(=O)(=O)N(C)Cc3ccccc3)cc1)C2=O. The van der Waals surface area contributed by atoms with Gasteiger partial charge in [0.05, 0.1) is 4.90 Å². The van der Waals surface area contributed by atoms with Gasteiger partial charge in [0, 0.05) is 19.3 Å². The molecule has 1 saturated heterocycles. The lowest BCUT2D eigenvalue weighted by Gasteiger charge is -2.36. The van der Waals surface area contributed by atoms with Crippen molar-refractivity contribution in [1.82, 2.24) is 14.5 Å². The molecule has 2 unspecified atom stereocenters. The molecule has 2 atom stereocenters. The molecule has 1 saturated carbocycles. The van der Waals surface area contributed by atoms with E-state index in [4.69, 9.17) is 0 Å². The van der Waals surface area contributed by atoms with Gasteiger partial charge in [0.15, 0.2) is 0 Å². The molecule has 2 N–H and O–H groups in total. The number of hydrogen-bond donors (Lipinski definition) is 2. The fourth-order valence-electron chi connectivity index (χ4n) is 4.80. The van der Waals surface area contributed by atoms with E-state index in [2.05, 4.69) is 10.6 Å². The maximum atomic E-state index is 13.0. The summed E-state index contributed by atoms with van der Waals surface area (Å²) in [7, 11) is -2.21. The summed E-state index contributed by atoms with van der Waals surface area (Å²) in [6, 6.07) is 14.5. The monoisotopic (exact) mass is 498 g/mol. The van der Waals surface area contributed by atoms with Crippen LogP contribution < -0.4 is 10.6 Å². The van der Waals surface area contributed by atoms with Crippen LogP contribution in [0.2, 0.25) is 0 Å². The fourth-order valence-corrected chi connectivity index (χ4v) is 5.96. The maximum Gasteiger partial charge on any atom is 0.325 e. The molecule has 9 nitrogen and oxygen atoms in total. The Morgan fingerprint density at radius 3 is 2.46 bits per heavy atom. The second-order valence-electron chi connectivity index (χ2n) is 9.26. The second kappa shape index (κ2) is 9.79. The highest BCUT2D eigenvalue weighted by molar-refractivity contribution is 7.89. The highest BCUT2D eigenvalue weighted by Crippen LogP contribution is 2.38. The minimum atomic E-state index is -3.72. The second-order valence-corrected chi connectivity index (χ2v) is 11.3. The predicted molar refractivity (Wildman–Crippen MR) is 131 cm³/mol. The molecule has 1 aliphatic heterocycles. The van der Waals surface area contributed by atoms with Crippen molar-refractivity contribution in [2.24, 2.45) is 5.92 Å². The van der Waals surface area contributed by atoms with Gasteiger partial charge in [-0.15, -0.1) is 0 Å². The minimum Gasteiger partial charge on any atom is -0.325 e. The number of anilines is 1. The molecule has 2 fully saturated rings. The number of nitrogens with zero attached hydrogens (tertiary/aromatic N) is 2. The largest absolute Gasteiger partial charge is 0.325 e. The average molecular weight is 499 g/mol. The van der Waals surface area contributed by atoms with Gasteiger partial charge in [0.1, 0.15) is 12.1 Å². The van der Waals surface area contributed by atoms with Gasteiger partial charge in [0.2, 0.25) is 15.9 Å². The Kier molecular flexibility index (Phi) is 6.95. The van der Waals surface area contributed by atoms with Crippen LogP contribution in [0.25, 0.3) is 0 Å². The van der Waals surface area contributed by atoms with Gasteiger partial charge in [-0.1, -0.05) is 50.1 Å². The van der Waals surface area contributed by atoms with Gasteiger partial charge in [-0.25, -0.2) is 13.2 Å². The zero-order valence-corrected chi connectivity index (χ0v) is 20.7. The van der Waals surface area contributed by atoms with E-state index in [1.807, 2.05) is 37.3 Å². The number of nitrogens with one attached hydrogen (secondary N) is 2. The molecule has 1 aliphatic carbocycles. The van der Waals surface area contributed by atoms with E-state index in [1.165, 1.54) is 35.6 Å². The number of imide groups is 1. The van der Waals surface area contributed by atoms with Crippen LogP contribution >= 0.6 is 0 Å². The Labute approximate surface area is 205 Å². The molecule has 2 aliphatic rings. The van der Waals surface area contributed by atoms with Crippen LogP contribution in [0.5, 0.6) is 0 Å². The van der Waals surface area contributed by atoms with E-state index < -0.39 is 34.0 Å². The summed E-state index contributed by atoms with van der Waals surface area (Å²) in [6.07, 6.45) is 3.29. The average Bonchev–Trinajstić information content (AvgIpc) is 3.06. The first-order valence-corrected chi connectivity index (χ1v) is 13.1. The van der Waals surface area contributed by atoms with Crippen LogP contribution in [-0.2, 0) is 26.2 Å². The summed E-state index contributed by atoms with van der Waals surface area (Å²) in [5.74, 6) is -0.881. The van der Waals surface area contributed by atoms with Crippen molar-refractivity contribution in [3.05, 3.63) is 60.2 Å². The third-order valence-electron chi connectivity index (χ3n) is 6.90. The van der Waals surface area contributed by atoms with Gasteiger partial charge in [-0.2, -0.15) is 4.31 Å². The normalized spacial score (nSPS) is 22.5. The summed E-state index contributed by atoms with van der Waals surface area (Å²) in [6.45, 7) is 1.78. The molecular weight excluding hydrogens is 468 g/mol. The first-order chi connectivity index (χ1) is 16.6. The van der Waals surface area contributed by atoms with Crippen LogP contribution in [0.4, 0.5) is 10.5 Å². The topological polar surface area (TPSA) is 116 Å². The Balaban J connectivity index is 1.38. The molecule has 10 heteroatoms. The smallest absolute Gasteiger partial charge is 0.325 e. The number of carbonyl (C=O) groups is 3. The van der Waals surface area contributed by atoms with Crippen LogP contribution in [-0.4, -0.2) is 54.6 Å². The Hall–Kier alpha value is -3.24. The van der Waals surface area contributed by atoms with Crippen molar-refractivity contribution in [1.29, 1.82) is 0 Å². The lowest BCUT2D eigenvalue weighted by atomic mass is 9.73. The van der Waals surface area contributed by atoms with Crippen molar-refractivity contribution in [3.8, 4) is 0 Å². The summed E-state index contributed by atoms with van der Waals surface area (Å²) in [5, 5.41) is 5.47. The zero-order chi connectivity index (χ0) is 25.2. The van der Waals surface area contributed by atoms with Gasteiger partial charge in [0.25, 0.3) is 5.91 Å². The molecule has 2 aromatic carbocycles. The number of carbonyl (C=O) groups excluding carboxylic acids is 3. The van der Waals surface area contributed by atoms with Crippen molar-refractivity contribution in [3.63, 3.8) is 0 Å². The number of rotatable bonds is 7. The zero-order valence-electron chi connectivity index (χ0n) is 19.9. The van der Waals surface area contributed by atoms with Crippen LogP contribution in [0.1, 0.15) is 38.2 Å². The lowest BCUT2D eigenvalue weighted by molar-refractivity contribution is -0.136. The molecule has 0 bridgehead atoms. The lowest BCUT2D eigenvalue weighted by Crippen LogP contribution is -2.54. The maximum absolute atomic E-state index is 13.0. The highest BCUT2D eigenvalue weighted by atomic mass is 32.2. The number of urea groups is 1. The summed E-state index contributed by atoms with van der Waals surface area (Å²) >= 11 is 0. The minimum absolute atomic E-state index is 0.00952. The molecule has 4 rings (SSSR count). The number of amides is 4. The van der Waals surface area contributed by atoms with Crippen molar-refractivity contribution < 1.29 is 22.8 Å². The highest BCUT2D eigenvalue weighted by Gasteiger charge is 2.55. The predicted octanol–water partition coefficient (Wildman–Crippen LogP) is 2.95. The van der Waals surface area contributed by atoms with Crippen LogP contribution in [0.3, 0.4) is 0 Å². The Morgan fingerprint density at radius 1 is 1.11 bits per heavy atom. The molecule has 4 amide bonds. The Morgan fingerprint density at radius 2 is 1.80 bits per heavy atom. The third-order valence-corrected chi connectivity index (χ3v) is 8.72. The quantitative estimate of drug-likeness (QED) is 0.570. The van der Waals surface area contributed by atoms with E-state index >= 15 is 0 Å². The molecule has 2 aromatic rings. The molecule has 1 spiro atoms. The van der Waals surface area contributed by atoms with Crippen LogP contribution in [0, 0.1) is 5.92 Å². The summed E-state index contributed by atoms with van der Waals surface area (Å²) in [5.41, 5.74) is 0.317. The molecule has 186 valence electrons. The van der Waals surface area contributed by atoms with Crippen molar-refractivity contribution >= 4 is 33.6 Å². The van der Waals surface area contributed by atoms with Gasteiger partial charge < -0.3 is 10.6 Å². The number of sulfonamides is 1. The van der Waals surface area contributed by atoms with E-state index in [0.29, 0.717) is 12.1 Å². The summed E-state index contributed by atoms with van der Waals surface area (Å²) < 4.78 is 27.1. The first kappa shape index (κ1) is 24.9. The molecule has 0 aromatic heterocycles. The number of benzene rings is 2. The fraction of sp³-hybridized carbons (Fsp3) is 0.400. The van der Waals surface area contributed by atoms with E-state index in [1.54, 1.807) is 0 Å². The Bertz CT molecular complexity index is 1220. The molecule has 35 heavy (non-hydrogen) atoms. The van der Waals surface area contributed by atoms with Crippen LogP contribution in [0.15, 0.2) is 59.5 Å². The van der Waals surface area contributed by atoms with Gasteiger partial charge in [-0.3, -0.25) is 14.5 Å². The van der Waals surface area contributed by atoms with Crippen molar-refractivity contribution in [2.75, 3.05) is 18.9 Å².